The van der Waals surface area contributed by atoms with Crippen LogP contribution < -0.4 is 5.73 Å². The van der Waals surface area contributed by atoms with Crippen molar-refractivity contribution in [2.45, 2.75) is 26.4 Å². The Hall–Kier alpha value is -2.08. The maximum absolute atomic E-state index is 12.3. The van der Waals surface area contributed by atoms with Crippen molar-refractivity contribution < 1.29 is 14.3 Å². The van der Waals surface area contributed by atoms with E-state index in [0.29, 0.717) is 25.6 Å². The summed E-state index contributed by atoms with van der Waals surface area (Å²) in [6.07, 6.45) is 1.52. The van der Waals surface area contributed by atoms with Crippen molar-refractivity contribution >= 4 is 12.0 Å². The maximum atomic E-state index is 12.3. The molecule has 1 aliphatic heterocycles. The van der Waals surface area contributed by atoms with Crippen LogP contribution in [0.1, 0.15) is 25.3 Å². The molecule has 2 rings (SSSR count). The van der Waals surface area contributed by atoms with Crippen molar-refractivity contribution in [2.75, 3.05) is 32.7 Å². The molecule has 0 spiro atoms. The van der Waals surface area contributed by atoms with E-state index < -0.39 is 0 Å². The van der Waals surface area contributed by atoms with Gasteiger partial charge in [-0.25, -0.2) is 4.79 Å². The number of hydrogen-bond acceptors (Lipinski definition) is 4. The van der Waals surface area contributed by atoms with Crippen LogP contribution in [0.15, 0.2) is 30.3 Å². The Kier molecular flexibility index (Phi) is 7.06. The first kappa shape index (κ1) is 18.3. The fourth-order valence-corrected chi connectivity index (χ4v) is 2.95. The van der Waals surface area contributed by atoms with Crippen molar-refractivity contribution in [3.63, 3.8) is 0 Å². The fraction of sp³-hybridized carbons (Fsp3) is 0.556. The normalized spacial score (nSPS) is 15.2. The lowest BCUT2D eigenvalue weighted by Gasteiger charge is -2.34. The Morgan fingerprint density at radius 3 is 2.50 bits per heavy atom. The van der Waals surface area contributed by atoms with Gasteiger partial charge < -0.3 is 20.3 Å². The van der Waals surface area contributed by atoms with Gasteiger partial charge in [-0.15, -0.1) is 0 Å². The highest BCUT2D eigenvalue weighted by Gasteiger charge is 2.25. The molecule has 1 fully saturated rings. The second-order valence-corrected chi connectivity index (χ2v) is 6.11. The van der Waals surface area contributed by atoms with Gasteiger partial charge in [0.05, 0.1) is 6.54 Å². The summed E-state index contributed by atoms with van der Waals surface area (Å²) in [5.74, 6) is 0.402. The van der Waals surface area contributed by atoms with Gasteiger partial charge >= 0.3 is 6.09 Å². The first-order chi connectivity index (χ1) is 11.6. The third kappa shape index (κ3) is 5.23. The molecule has 0 atom stereocenters. The highest BCUT2D eigenvalue weighted by Crippen LogP contribution is 2.19. The molecular formula is C18H27N3O3. The molecule has 132 valence electrons. The predicted molar refractivity (Wildman–Crippen MR) is 92.2 cm³/mol. The van der Waals surface area contributed by atoms with Gasteiger partial charge in [-0.2, -0.15) is 0 Å². The van der Waals surface area contributed by atoms with Crippen LogP contribution in [0, 0.1) is 5.92 Å². The van der Waals surface area contributed by atoms with Crippen molar-refractivity contribution in [3.05, 3.63) is 35.9 Å². The van der Waals surface area contributed by atoms with Crippen LogP contribution in [0.2, 0.25) is 0 Å². The van der Waals surface area contributed by atoms with Crippen LogP contribution in [0.25, 0.3) is 0 Å². The van der Waals surface area contributed by atoms with Crippen LogP contribution in [-0.2, 0) is 16.1 Å². The Labute approximate surface area is 143 Å². The molecule has 6 heteroatoms. The summed E-state index contributed by atoms with van der Waals surface area (Å²) >= 11 is 0. The lowest BCUT2D eigenvalue weighted by Crippen LogP contribution is -2.44. The molecule has 1 heterocycles. The van der Waals surface area contributed by atoms with E-state index in [1.165, 1.54) is 0 Å². The van der Waals surface area contributed by atoms with E-state index >= 15 is 0 Å². The number of nitrogens with zero attached hydrogens (tertiary/aromatic N) is 2. The number of carbonyl (C=O) groups excluding carboxylic acids is 2. The maximum Gasteiger partial charge on any atom is 0.410 e. The van der Waals surface area contributed by atoms with Gasteiger partial charge in [0.15, 0.2) is 0 Å². The van der Waals surface area contributed by atoms with E-state index in [1.54, 1.807) is 9.80 Å². The minimum Gasteiger partial charge on any atom is -0.445 e. The predicted octanol–water partition coefficient (Wildman–Crippen LogP) is 1.84. The van der Waals surface area contributed by atoms with Crippen LogP contribution in [0.5, 0.6) is 0 Å². The van der Waals surface area contributed by atoms with Gasteiger partial charge in [-0.3, -0.25) is 4.79 Å². The zero-order chi connectivity index (χ0) is 17.4. The van der Waals surface area contributed by atoms with E-state index in [-0.39, 0.29) is 18.5 Å². The monoisotopic (exact) mass is 333 g/mol. The minimum atomic E-state index is -0.276. The molecule has 6 nitrogen and oxygen atoms in total. The zero-order valence-corrected chi connectivity index (χ0v) is 14.3. The summed E-state index contributed by atoms with van der Waals surface area (Å²) in [4.78, 5) is 27.4. The molecule has 0 aliphatic carbocycles. The van der Waals surface area contributed by atoms with E-state index in [1.807, 2.05) is 37.3 Å². The average Bonchev–Trinajstić information content (AvgIpc) is 2.64. The quantitative estimate of drug-likeness (QED) is 0.862. The largest absolute Gasteiger partial charge is 0.445 e. The number of likely N-dealkylation sites (tertiary alicyclic amines) is 1. The van der Waals surface area contributed by atoms with Crippen molar-refractivity contribution in [2.24, 2.45) is 11.7 Å². The Morgan fingerprint density at radius 2 is 1.92 bits per heavy atom. The second kappa shape index (κ2) is 9.27. The first-order valence-electron chi connectivity index (χ1n) is 8.57. The smallest absolute Gasteiger partial charge is 0.410 e. The van der Waals surface area contributed by atoms with Crippen LogP contribution in [-0.4, -0.2) is 54.5 Å². The topological polar surface area (TPSA) is 75.9 Å². The SMILES string of the molecule is CCN(CC1CCN(C(=O)CN)CC1)C(=O)OCc1ccccc1. The average molecular weight is 333 g/mol. The van der Waals surface area contributed by atoms with Gasteiger partial charge in [0, 0.05) is 26.2 Å². The number of hydrogen-bond donors (Lipinski definition) is 1. The van der Waals surface area contributed by atoms with Crippen LogP contribution >= 0.6 is 0 Å². The summed E-state index contributed by atoms with van der Waals surface area (Å²) in [5, 5.41) is 0. The van der Waals surface area contributed by atoms with Gasteiger partial charge in [0.2, 0.25) is 5.91 Å². The molecule has 0 saturated carbocycles. The van der Waals surface area contributed by atoms with Gasteiger partial charge in [-0.05, 0) is 31.2 Å². The molecule has 0 unspecified atom stereocenters. The Bertz CT molecular complexity index is 528. The molecule has 1 saturated heterocycles. The lowest BCUT2D eigenvalue weighted by molar-refractivity contribution is -0.131. The fourth-order valence-electron chi connectivity index (χ4n) is 2.95. The summed E-state index contributed by atoms with van der Waals surface area (Å²) < 4.78 is 5.41. The van der Waals surface area contributed by atoms with Gasteiger partial charge in [0.25, 0.3) is 0 Å². The van der Waals surface area contributed by atoms with Crippen molar-refractivity contribution in [3.8, 4) is 0 Å². The molecule has 1 aliphatic rings. The standard InChI is InChI=1S/C18H27N3O3/c1-2-20(18(23)24-14-16-6-4-3-5-7-16)13-15-8-10-21(11-9-15)17(22)12-19/h3-7,15H,2,8-14,19H2,1H3. The highest BCUT2D eigenvalue weighted by molar-refractivity contribution is 5.78. The number of carbonyl (C=O) groups is 2. The third-order valence-electron chi connectivity index (χ3n) is 4.47. The van der Waals surface area contributed by atoms with Crippen LogP contribution in [0.4, 0.5) is 4.79 Å². The summed E-state index contributed by atoms with van der Waals surface area (Å²) in [6.45, 7) is 5.05. The molecular weight excluding hydrogens is 306 g/mol. The van der Waals surface area contributed by atoms with Crippen molar-refractivity contribution in [1.82, 2.24) is 9.80 Å². The van der Waals surface area contributed by atoms with E-state index in [0.717, 1.165) is 31.5 Å². The molecule has 0 aromatic heterocycles. The number of benzene rings is 1. The van der Waals surface area contributed by atoms with Crippen molar-refractivity contribution in [1.29, 1.82) is 0 Å². The number of nitrogens with two attached hydrogens (primary N) is 1. The lowest BCUT2D eigenvalue weighted by atomic mass is 9.96. The molecule has 0 bridgehead atoms. The third-order valence-corrected chi connectivity index (χ3v) is 4.47. The van der Waals surface area contributed by atoms with E-state index in [9.17, 15) is 9.59 Å². The molecule has 2 N–H and O–H groups in total. The number of piperidine rings is 1. The molecule has 24 heavy (non-hydrogen) atoms. The van der Waals surface area contributed by atoms with Gasteiger partial charge in [0.1, 0.15) is 6.61 Å². The van der Waals surface area contributed by atoms with E-state index in [2.05, 4.69) is 0 Å². The second-order valence-electron chi connectivity index (χ2n) is 6.11. The first-order valence-corrected chi connectivity index (χ1v) is 8.57. The van der Waals surface area contributed by atoms with Gasteiger partial charge in [-0.1, -0.05) is 30.3 Å². The number of amides is 2. The van der Waals surface area contributed by atoms with Crippen LogP contribution in [0.3, 0.4) is 0 Å². The minimum absolute atomic E-state index is 0.00284. The molecule has 0 radical (unpaired) electrons. The summed E-state index contributed by atoms with van der Waals surface area (Å²) in [7, 11) is 0. The molecule has 1 aromatic carbocycles. The number of ether oxygens (including phenoxy) is 1. The highest BCUT2D eigenvalue weighted by atomic mass is 16.6. The zero-order valence-electron chi connectivity index (χ0n) is 14.3. The van der Waals surface area contributed by atoms with E-state index in [4.69, 9.17) is 10.5 Å². The summed E-state index contributed by atoms with van der Waals surface area (Å²) in [5.41, 5.74) is 6.38. The number of rotatable bonds is 6. The summed E-state index contributed by atoms with van der Waals surface area (Å²) in [6, 6.07) is 9.67. The Balaban J connectivity index is 1.77. The Morgan fingerprint density at radius 1 is 1.25 bits per heavy atom. The molecule has 2 amide bonds. The molecule has 1 aromatic rings.